The van der Waals surface area contributed by atoms with E-state index in [4.69, 9.17) is 16.2 Å². The number of rotatable bonds is 2. The van der Waals surface area contributed by atoms with Crippen molar-refractivity contribution in [1.29, 1.82) is 0 Å². The van der Waals surface area contributed by atoms with Crippen molar-refractivity contribution in [2.45, 2.75) is 0 Å². The molecule has 1 aromatic heterocycles. The molecule has 6 heteroatoms. The molecule has 0 radical (unpaired) electrons. The molecular formula is C11H10N4O2. The van der Waals surface area contributed by atoms with Crippen LogP contribution in [0.5, 0.6) is 5.88 Å². The third kappa shape index (κ3) is 2.49. The van der Waals surface area contributed by atoms with Gasteiger partial charge in [0.05, 0.1) is 11.8 Å². The molecule has 0 bridgehead atoms. The van der Waals surface area contributed by atoms with E-state index >= 15 is 0 Å². The molecule has 6 nitrogen and oxygen atoms in total. The molecule has 0 spiro atoms. The van der Waals surface area contributed by atoms with Crippen LogP contribution < -0.4 is 16.2 Å². The van der Waals surface area contributed by atoms with E-state index in [1.165, 1.54) is 6.20 Å². The standard InChI is InChI=1S/C11H10N4O2/c12-8-6-14-11(13)15-9(8)17-10(16)7-4-2-1-3-5-7/h1-6H,12H2,(H2,13,14,15). The fraction of sp³-hybridized carbons (Fsp3) is 0. The summed E-state index contributed by atoms with van der Waals surface area (Å²) in [6, 6.07) is 8.52. The normalized spacial score (nSPS) is 9.88. The molecule has 0 aliphatic carbocycles. The highest BCUT2D eigenvalue weighted by molar-refractivity contribution is 5.91. The van der Waals surface area contributed by atoms with E-state index < -0.39 is 5.97 Å². The molecule has 1 aromatic carbocycles. The molecule has 0 saturated heterocycles. The average Bonchev–Trinajstić information content (AvgIpc) is 2.35. The van der Waals surface area contributed by atoms with Crippen molar-refractivity contribution in [3.8, 4) is 5.88 Å². The minimum absolute atomic E-state index is 0.00457. The third-order valence-electron chi connectivity index (χ3n) is 2.00. The minimum atomic E-state index is -0.546. The Morgan fingerprint density at radius 1 is 1.18 bits per heavy atom. The van der Waals surface area contributed by atoms with Gasteiger partial charge < -0.3 is 16.2 Å². The first-order valence-electron chi connectivity index (χ1n) is 4.82. The van der Waals surface area contributed by atoms with E-state index in [1.54, 1.807) is 30.3 Å². The monoisotopic (exact) mass is 230 g/mol. The third-order valence-corrected chi connectivity index (χ3v) is 2.00. The summed E-state index contributed by atoms with van der Waals surface area (Å²) in [5.41, 5.74) is 11.5. The summed E-state index contributed by atoms with van der Waals surface area (Å²) < 4.78 is 5.02. The van der Waals surface area contributed by atoms with Crippen molar-refractivity contribution in [1.82, 2.24) is 9.97 Å². The van der Waals surface area contributed by atoms with Gasteiger partial charge in [-0.1, -0.05) is 18.2 Å². The number of nitrogen functional groups attached to an aromatic ring is 2. The van der Waals surface area contributed by atoms with Gasteiger partial charge in [0.1, 0.15) is 5.69 Å². The second-order valence-corrected chi connectivity index (χ2v) is 3.24. The summed E-state index contributed by atoms with van der Waals surface area (Å²) in [5, 5.41) is 0. The summed E-state index contributed by atoms with van der Waals surface area (Å²) >= 11 is 0. The molecule has 86 valence electrons. The van der Waals surface area contributed by atoms with Crippen LogP contribution in [0.2, 0.25) is 0 Å². The van der Waals surface area contributed by atoms with E-state index in [2.05, 4.69) is 9.97 Å². The van der Waals surface area contributed by atoms with Gasteiger partial charge in [-0.3, -0.25) is 0 Å². The Morgan fingerprint density at radius 3 is 2.59 bits per heavy atom. The summed E-state index contributed by atoms with van der Waals surface area (Å²) in [4.78, 5) is 19.1. The number of nitrogens with two attached hydrogens (primary N) is 2. The molecule has 0 aliphatic rings. The van der Waals surface area contributed by atoms with Crippen molar-refractivity contribution < 1.29 is 9.53 Å². The van der Waals surface area contributed by atoms with Crippen molar-refractivity contribution in [3.05, 3.63) is 42.1 Å². The van der Waals surface area contributed by atoms with Crippen LogP contribution in [-0.4, -0.2) is 15.9 Å². The number of ether oxygens (including phenoxy) is 1. The van der Waals surface area contributed by atoms with Crippen LogP contribution in [0.25, 0.3) is 0 Å². The number of hydrogen-bond acceptors (Lipinski definition) is 6. The zero-order chi connectivity index (χ0) is 12.3. The quantitative estimate of drug-likeness (QED) is 0.741. The van der Waals surface area contributed by atoms with Gasteiger partial charge in [0.2, 0.25) is 5.95 Å². The number of carbonyl (C=O) groups is 1. The highest BCUT2D eigenvalue weighted by Gasteiger charge is 2.11. The van der Waals surface area contributed by atoms with Crippen molar-refractivity contribution in [2.75, 3.05) is 11.5 Å². The summed E-state index contributed by atoms with van der Waals surface area (Å²) in [7, 11) is 0. The van der Waals surface area contributed by atoms with Crippen LogP contribution >= 0.6 is 0 Å². The zero-order valence-corrected chi connectivity index (χ0v) is 8.83. The lowest BCUT2D eigenvalue weighted by molar-refractivity contribution is 0.0729. The lowest BCUT2D eigenvalue weighted by atomic mass is 10.2. The number of nitrogens with zero attached hydrogens (tertiary/aromatic N) is 2. The van der Waals surface area contributed by atoms with Gasteiger partial charge in [0.15, 0.2) is 0 Å². The Kier molecular flexibility index (Phi) is 2.87. The summed E-state index contributed by atoms with van der Waals surface area (Å²) in [5.74, 6) is -0.586. The molecule has 0 unspecified atom stereocenters. The molecule has 0 amide bonds. The number of esters is 1. The largest absolute Gasteiger partial charge is 0.401 e. The first kappa shape index (κ1) is 10.9. The van der Waals surface area contributed by atoms with E-state index in [-0.39, 0.29) is 17.5 Å². The van der Waals surface area contributed by atoms with Gasteiger partial charge in [0.25, 0.3) is 5.88 Å². The van der Waals surface area contributed by atoms with E-state index in [0.29, 0.717) is 5.56 Å². The SMILES string of the molecule is Nc1ncc(N)c(OC(=O)c2ccccc2)n1. The van der Waals surface area contributed by atoms with Crippen molar-refractivity contribution in [3.63, 3.8) is 0 Å². The molecular weight excluding hydrogens is 220 g/mol. The molecule has 0 saturated carbocycles. The van der Waals surface area contributed by atoms with Gasteiger partial charge in [-0.15, -0.1) is 0 Å². The topological polar surface area (TPSA) is 104 Å². The van der Waals surface area contributed by atoms with Crippen LogP contribution in [0.3, 0.4) is 0 Å². The lowest BCUT2D eigenvalue weighted by Gasteiger charge is -2.05. The fourth-order valence-corrected chi connectivity index (χ4v) is 1.19. The van der Waals surface area contributed by atoms with Gasteiger partial charge in [-0.25, -0.2) is 9.78 Å². The van der Waals surface area contributed by atoms with Crippen LogP contribution in [0.15, 0.2) is 36.5 Å². The second kappa shape index (κ2) is 4.48. The molecule has 1 heterocycles. The maximum Gasteiger partial charge on any atom is 0.344 e. The zero-order valence-electron chi connectivity index (χ0n) is 8.83. The van der Waals surface area contributed by atoms with Gasteiger partial charge in [-0.2, -0.15) is 4.98 Å². The molecule has 2 rings (SSSR count). The lowest BCUT2D eigenvalue weighted by Crippen LogP contribution is -2.12. The first-order chi connectivity index (χ1) is 8.16. The van der Waals surface area contributed by atoms with E-state index in [1.807, 2.05) is 0 Å². The molecule has 0 aliphatic heterocycles. The predicted octanol–water partition coefficient (Wildman–Crippen LogP) is 0.860. The number of benzene rings is 1. The Bertz CT molecular complexity index is 542. The number of anilines is 2. The second-order valence-electron chi connectivity index (χ2n) is 3.24. The number of aromatic nitrogens is 2. The highest BCUT2D eigenvalue weighted by Crippen LogP contribution is 2.18. The molecule has 2 aromatic rings. The maximum atomic E-state index is 11.7. The van der Waals surface area contributed by atoms with Crippen LogP contribution in [0, 0.1) is 0 Å². The average molecular weight is 230 g/mol. The van der Waals surface area contributed by atoms with Gasteiger partial charge >= 0.3 is 5.97 Å². The Morgan fingerprint density at radius 2 is 1.88 bits per heavy atom. The minimum Gasteiger partial charge on any atom is -0.401 e. The fourth-order valence-electron chi connectivity index (χ4n) is 1.19. The van der Waals surface area contributed by atoms with Crippen molar-refractivity contribution in [2.24, 2.45) is 0 Å². The summed E-state index contributed by atoms with van der Waals surface area (Å²) in [6.45, 7) is 0. The highest BCUT2D eigenvalue weighted by atomic mass is 16.5. The first-order valence-corrected chi connectivity index (χ1v) is 4.82. The Balaban J connectivity index is 2.22. The summed E-state index contributed by atoms with van der Waals surface area (Å²) in [6.07, 6.45) is 1.29. The number of carbonyl (C=O) groups excluding carboxylic acids is 1. The van der Waals surface area contributed by atoms with Crippen LogP contribution in [0.4, 0.5) is 11.6 Å². The van der Waals surface area contributed by atoms with Crippen LogP contribution in [0.1, 0.15) is 10.4 Å². The number of hydrogen-bond donors (Lipinski definition) is 2. The van der Waals surface area contributed by atoms with Crippen LogP contribution in [-0.2, 0) is 0 Å². The predicted molar refractivity (Wildman–Crippen MR) is 62.3 cm³/mol. The molecule has 0 atom stereocenters. The van der Waals surface area contributed by atoms with Crippen molar-refractivity contribution >= 4 is 17.6 Å². The molecule has 17 heavy (non-hydrogen) atoms. The van der Waals surface area contributed by atoms with E-state index in [9.17, 15) is 4.79 Å². The van der Waals surface area contributed by atoms with Gasteiger partial charge in [0, 0.05) is 0 Å². The Labute approximate surface area is 97.2 Å². The molecule has 4 N–H and O–H groups in total. The maximum absolute atomic E-state index is 11.7. The molecule has 0 fully saturated rings. The smallest absolute Gasteiger partial charge is 0.344 e. The van der Waals surface area contributed by atoms with Gasteiger partial charge in [-0.05, 0) is 12.1 Å². The Hall–Kier alpha value is -2.63. The van der Waals surface area contributed by atoms with E-state index in [0.717, 1.165) is 0 Å².